The Morgan fingerprint density at radius 2 is 1.64 bits per heavy atom. The average Bonchev–Trinajstić information content (AvgIpc) is 3.40. The molecule has 9 nitrogen and oxygen atoms in total. The van der Waals surface area contributed by atoms with E-state index in [9.17, 15) is 19.5 Å². The number of hydrogen-bond donors (Lipinski definition) is 3. The van der Waals surface area contributed by atoms with Crippen LogP contribution in [0.5, 0.6) is 0 Å². The fourth-order valence-electron chi connectivity index (χ4n) is 5.57. The Morgan fingerprint density at radius 3 is 2.31 bits per heavy atom. The van der Waals surface area contributed by atoms with Gasteiger partial charge in [0, 0.05) is 37.2 Å². The lowest BCUT2D eigenvalue weighted by molar-refractivity contribution is -0.136. The second-order valence-electron chi connectivity index (χ2n) is 10.8. The molecule has 39 heavy (non-hydrogen) atoms. The maximum atomic E-state index is 12.6. The summed E-state index contributed by atoms with van der Waals surface area (Å²) in [5, 5.41) is 15.5. The molecule has 0 saturated heterocycles. The number of nitrogens with one attached hydrogen (secondary N) is 2. The number of halogens is 1. The highest BCUT2D eigenvalue weighted by molar-refractivity contribution is 6.30. The van der Waals surface area contributed by atoms with E-state index in [1.807, 2.05) is 24.3 Å². The number of carbonyl (C=O) groups excluding carboxylic acids is 2. The van der Waals surface area contributed by atoms with Crippen LogP contribution in [0.2, 0.25) is 5.15 Å². The van der Waals surface area contributed by atoms with Crippen LogP contribution in [0.15, 0.2) is 24.3 Å². The van der Waals surface area contributed by atoms with E-state index in [1.54, 1.807) is 11.9 Å². The molecule has 0 spiro atoms. The Balaban J connectivity index is 1.42. The summed E-state index contributed by atoms with van der Waals surface area (Å²) in [5.74, 6) is 0.0814. The van der Waals surface area contributed by atoms with Crippen molar-refractivity contribution in [1.82, 2.24) is 15.3 Å². The van der Waals surface area contributed by atoms with Crippen LogP contribution in [0, 0.1) is 5.92 Å². The SMILES string of the molecule is CN(CC(=O)NC1CCCC1)c1nc(Cc2ccc(NC(=O)CC3CCCCC3)cc2)nc(Cl)c1CC(=O)O. The van der Waals surface area contributed by atoms with Gasteiger partial charge in [-0.15, -0.1) is 0 Å². The summed E-state index contributed by atoms with van der Waals surface area (Å²) in [7, 11) is 1.70. The number of carboxylic acids is 1. The zero-order valence-electron chi connectivity index (χ0n) is 22.5. The minimum Gasteiger partial charge on any atom is -0.481 e. The van der Waals surface area contributed by atoms with Crippen molar-refractivity contribution < 1.29 is 19.5 Å². The summed E-state index contributed by atoms with van der Waals surface area (Å²) in [5.41, 5.74) is 1.93. The summed E-state index contributed by atoms with van der Waals surface area (Å²) < 4.78 is 0. The van der Waals surface area contributed by atoms with E-state index < -0.39 is 5.97 Å². The molecule has 210 valence electrons. The van der Waals surface area contributed by atoms with E-state index in [-0.39, 0.29) is 41.5 Å². The molecule has 0 unspecified atom stereocenters. The van der Waals surface area contributed by atoms with Crippen molar-refractivity contribution in [2.75, 3.05) is 23.8 Å². The number of aliphatic carboxylic acids is 1. The zero-order valence-corrected chi connectivity index (χ0v) is 23.3. The van der Waals surface area contributed by atoms with Gasteiger partial charge in [0.05, 0.1) is 13.0 Å². The largest absolute Gasteiger partial charge is 0.481 e. The maximum absolute atomic E-state index is 12.6. The van der Waals surface area contributed by atoms with Crippen molar-refractivity contribution in [3.63, 3.8) is 0 Å². The lowest BCUT2D eigenvalue weighted by Gasteiger charge is -2.23. The normalized spacial score (nSPS) is 16.2. The Morgan fingerprint density at radius 1 is 0.974 bits per heavy atom. The highest BCUT2D eigenvalue weighted by Gasteiger charge is 2.23. The molecule has 1 aromatic heterocycles. The van der Waals surface area contributed by atoms with Gasteiger partial charge < -0.3 is 20.6 Å². The molecular weight excluding hydrogens is 518 g/mol. The Hall–Kier alpha value is -3.20. The number of rotatable bonds is 11. The van der Waals surface area contributed by atoms with Crippen LogP contribution in [-0.2, 0) is 27.2 Å². The van der Waals surface area contributed by atoms with Crippen LogP contribution < -0.4 is 15.5 Å². The van der Waals surface area contributed by atoms with Crippen LogP contribution in [0.4, 0.5) is 11.5 Å². The molecule has 3 N–H and O–H groups in total. The van der Waals surface area contributed by atoms with Crippen LogP contribution in [-0.4, -0.2) is 52.5 Å². The van der Waals surface area contributed by atoms with E-state index in [0.29, 0.717) is 30.4 Å². The van der Waals surface area contributed by atoms with Crippen LogP contribution in [0.3, 0.4) is 0 Å². The molecule has 1 aromatic carbocycles. The fourth-order valence-corrected chi connectivity index (χ4v) is 5.82. The number of anilines is 2. The fraction of sp³-hybridized carbons (Fsp3) is 0.552. The van der Waals surface area contributed by atoms with Crippen molar-refractivity contribution in [3.05, 3.63) is 46.4 Å². The van der Waals surface area contributed by atoms with Crippen molar-refractivity contribution in [3.8, 4) is 0 Å². The highest BCUT2D eigenvalue weighted by Crippen LogP contribution is 2.28. The minimum absolute atomic E-state index is 0.0329. The summed E-state index contributed by atoms with van der Waals surface area (Å²) in [4.78, 5) is 47.2. The molecular formula is C29H38ClN5O4. The monoisotopic (exact) mass is 555 g/mol. The molecule has 0 radical (unpaired) electrons. The number of carboxylic acid groups (broad SMARTS) is 1. The van der Waals surface area contributed by atoms with E-state index in [4.69, 9.17) is 11.6 Å². The third kappa shape index (κ3) is 8.65. The first kappa shape index (κ1) is 28.8. The number of aromatic nitrogens is 2. The van der Waals surface area contributed by atoms with Gasteiger partial charge in [0.2, 0.25) is 11.8 Å². The molecule has 1 heterocycles. The highest BCUT2D eigenvalue weighted by atomic mass is 35.5. The maximum Gasteiger partial charge on any atom is 0.308 e. The zero-order chi connectivity index (χ0) is 27.8. The second-order valence-corrected chi connectivity index (χ2v) is 11.2. The van der Waals surface area contributed by atoms with Crippen LogP contribution >= 0.6 is 11.6 Å². The van der Waals surface area contributed by atoms with E-state index in [2.05, 4.69) is 20.6 Å². The molecule has 2 aliphatic rings. The molecule has 0 aliphatic heterocycles. The van der Waals surface area contributed by atoms with Gasteiger partial charge in [-0.1, -0.05) is 55.8 Å². The summed E-state index contributed by atoms with van der Waals surface area (Å²) >= 11 is 6.44. The number of nitrogens with zero attached hydrogens (tertiary/aromatic N) is 3. The van der Waals surface area contributed by atoms with Crippen LogP contribution in [0.25, 0.3) is 0 Å². The summed E-state index contributed by atoms with van der Waals surface area (Å²) in [6.07, 6.45) is 10.7. The molecule has 2 saturated carbocycles. The number of likely N-dealkylation sites (N-methyl/N-ethyl adjacent to an activating group) is 1. The van der Waals surface area contributed by atoms with E-state index >= 15 is 0 Å². The van der Waals surface area contributed by atoms with Gasteiger partial charge in [-0.3, -0.25) is 14.4 Å². The Bertz CT molecular complexity index is 1160. The summed E-state index contributed by atoms with van der Waals surface area (Å²) in [6.45, 7) is 0.0329. The molecule has 2 amide bonds. The third-order valence-electron chi connectivity index (χ3n) is 7.57. The predicted molar refractivity (Wildman–Crippen MR) is 151 cm³/mol. The van der Waals surface area contributed by atoms with Gasteiger partial charge in [0.1, 0.15) is 16.8 Å². The first-order chi connectivity index (χ1) is 18.8. The summed E-state index contributed by atoms with van der Waals surface area (Å²) in [6, 6.07) is 7.70. The quantitative estimate of drug-likeness (QED) is 0.342. The van der Waals surface area contributed by atoms with E-state index in [0.717, 1.165) is 49.8 Å². The van der Waals surface area contributed by atoms with Gasteiger partial charge in [0.25, 0.3) is 0 Å². The predicted octanol–water partition coefficient (Wildman–Crippen LogP) is 4.75. The Kier molecular flexibility index (Phi) is 10.1. The molecule has 2 aromatic rings. The number of amides is 2. The number of carbonyl (C=O) groups is 3. The third-order valence-corrected chi connectivity index (χ3v) is 7.88. The second kappa shape index (κ2) is 13.7. The lowest BCUT2D eigenvalue weighted by Crippen LogP contribution is -2.40. The molecule has 2 aliphatic carbocycles. The number of hydrogen-bond acceptors (Lipinski definition) is 6. The first-order valence-corrected chi connectivity index (χ1v) is 14.3. The number of benzene rings is 1. The average molecular weight is 556 g/mol. The molecule has 2 fully saturated rings. The molecule has 10 heteroatoms. The topological polar surface area (TPSA) is 125 Å². The Labute approximate surface area is 234 Å². The van der Waals surface area contributed by atoms with E-state index in [1.165, 1.54) is 19.3 Å². The van der Waals surface area contributed by atoms with Gasteiger partial charge in [-0.2, -0.15) is 0 Å². The lowest BCUT2D eigenvalue weighted by atomic mass is 9.87. The van der Waals surface area contributed by atoms with Crippen molar-refractivity contribution in [2.45, 2.75) is 83.1 Å². The van der Waals surface area contributed by atoms with Gasteiger partial charge in [0.15, 0.2) is 0 Å². The minimum atomic E-state index is -1.06. The van der Waals surface area contributed by atoms with Crippen molar-refractivity contribution in [1.29, 1.82) is 0 Å². The smallest absolute Gasteiger partial charge is 0.308 e. The van der Waals surface area contributed by atoms with Gasteiger partial charge >= 0.3 is 5.97 Å². The molecule has 4 rings (SSSR count). The molecule has 0 bridgehead atoms. The molecule has 0 atom stereocenters. The van der Waals surface area contributed by atoms with Gasteiger partial charge in [-0.25, -0.2) is 9.97 Å². The standard InChI is InChI=1S/C29H38ClN5O4/c1-35(18-26(37)32-21-9-5-6-10-21)29-23(17-27(38)39)28(30)33-24(34-29)15-20-11-13-22(14-12-20)31-25(36)16-19-7-3-2-4-8-19/h11-14,19,21H,2-10,15-18H2,1H3,(H,31,36)(H,32,37)(H,38,39). The van der Waals surface area contributed by atoms with Crippen molar-refractivity contribution in [2.24, 2.45) is 5.92 Å². The van der Waals surface area contributed by atoms with Gasteiger partial charge in [-0.05, 0) is 49.3 Å². The first-order valence-electron chi connectivity index (χ1n) is 13.9. The van der Waals surface area contributed by atoms with Crippen molar-refractivity contribution >= 4 is 40.9 Å². The van der Waals surface area contributed by atoms with Crippen LogP contribution in [0.1, 0.15) is 81.2 Å².